The highest BCUT2D eigenvalue weighted by molar-refractivity contribution is 5.56. The van der Waals surface area contributed by atoms with Crippen molar-refractivity contribution in [1.82, 2.24) is 14.8 Å². The first-order chi connectivity index (χ1) is 12.1. The molecular weight excluding hydrogens is 324 g/mol. The first-order valence-electron chi connectivity index (χ1n) is 7.62. The minimum absolute atomic E-state index is 0.0108. The summed E-state index contributed by atoms with van der Waals surface area (Å²) in [5.41, 5.74) is 0.677. The maximum absolute atomic E-state index is 10.7. The molecule has 0 aliphatic carbocycles. The average molecular weight is 340 g/mol. The molecule has 128 valence electrons. The predicted molar refractivity (Wildman–Crippen MR) is 90.1 cm³/mol. The van der Waals surface area contributed by atoms with E-state index in [1.165, 1.54) is 23.1 Å². The van der Waals surface area contributed by atoms with Crippen LogP contribution in [0.4, 0.5) is 5.69 Å². The van der Waals surface area contributed by atoms with Gasteiger partial charge in [-0.05, 0) is 24.3 Å². The molecule has 1 aromatic heterocycles. The maximum atomic E-state index is 10.7. The number of hydrogen-bond donors (Lipinski definition) is 1. The molecule has 0 radical (unpaired) electrons. The second-order valence-electron chi connectivity index (χ2n) is 5.37. The fourth-order valence-corrected chi connectivity index (χ4v) is 2.22. The van der Waals surface area contributed by atoms with Crippen molar-refractivity contribution in [2.24, 2.45) is 0 Å². The van der Waals surface area contributed by atoms with Crippen LogP contribution in [0.15, 0.2) is 60.9 Å². The van der Waals surface area contributed by atoms with Gasteiger partial charge < -0.3 is 9.84 Å². The lowest BCUT2D eigenvalue weighted by molar-refractivity contribution is -0.384. The molecule has 0 aliphatic rings. The molecule has 1 atom stereocenters. The number of rotatable bonds is 7. The zero-order valence-electron chi connectivity index (χ0n) is 13.2. The molecule has 25 heavy (non-hydrogen) atoms. The van der Waals surface area contributed by atoms with Crippen molar-refractivity contribution in [1.29, 1.82) is 0 Å². The van der Waals surface area contributed by atoms with Gasteiger partial charge in [-0.2, -0.15) is 5.10 Å². The van der Waals surface area contributed by atoms with Gasteiger partial charge in [-0.3, -0.25) is 10.1 Å². The molecule has 3 aromatic rings. The zero-order chi connectivity index (χ0) is 17.6. The van der Waals surface area contributed by atoms with Crippen LogP contribution in [-0.2, 0) is 6.54 Å². The molecule has 1 N–H and O–H groups in total. The highest BCUT2D eigenvalue weighted by Crippen LogP contribution is 2.19. The molecule has 1 heterocycles. The molecule has 8 nitrogen and oxygen atoms in total. The van der Waals surface area contributed by atoms with Crippen molar-refractivity contribution in [2.75, 3.05) is 6.61 Å². The Balaban J connectivity index is 1.58. The van der Waals surface area contributed by atoms with Crippen LogP contribution in [0.2, 0.25) is 0 Å². The third-order valence-electron chi connectivity index (χ3n) is 3.46. The minimum Gasteiger partial charge on any atom is -0.491 e. The number of para-hydroxylation sites is 1. The van der Waals surface area contributed by atoms with Crippen LogP contribution < -0.4 is 4.74 Å². The lowest BCUT2D eigenvalue weighted by atomic mass is 10.2. The molecule has 8 heteroatoms. The van der Waals surface area contributed by atoms with E-state index in [9.17, 15) is 15.2 Å². The predicted octanol–water partition coefficient (Wildman–Crippen LogP) is 2.29. The monoisotopic (exact) mass is 340 g/mol. The number of aromatic nitrogens is 3. The molecule has 0 fully saturated rings. The summed E-state index contributed by atoms with van der Waals surface area (Å²) in [6.07, 6.45) is 0.759. The third kappa shape index (κ3) is 4.39. The molecule has 0 amide bonds. The van der Waals surface area contributed by atoms with Crippen molar-refractivity contribution in [3.05, 3.63) is 71.0 Å². The van der Waals surface area contributed by atoms with Gasteiger partial charge in [-0.15, -0.1) is 0 Å². The Morgan fingerprint density at radius 1 is 1.16 bits per heavy atom. The molecule has 0 aliphatic heterocycles. The minimum atomic E-state index is -0.744. The molecule has 0 unspecified atom stereocenters. The van der Waals surface area contributed by atoms with E-state index in [4.69, 9.17) is 4.74 Å². The number of nitro benzene ring substituents is 1. The summed E-state index contributed by atoms with van der Waals surface area (Å²) >= 11 is 0. The standard InChI is InChI=1S/C17H16N4O4/c22-15(11-25-16-4-2-1-3-5-16)10-20-12-18-17(19-20)13-6-8-14(9-7-13)21(23)24/h1-9,12,15,22H,10-11H2/t15-/m0/s1. The molecular formula is C17H16N4O4. The summed E-state index contributed by atoms with van der Waals surface area (Å²) in [5, 5.41) is 25.0. The lowest BCUT2D eigenvalue weighted by Gasteiger charge is -2.11. The Bertz CT molecular complexity index is 833. The van der Waals surface area contributed by atoms with Gasteiger partial charge in [0.05, 0.1) is 11.5 Å². The second kappa shape index (κ2) is 7.54. The first-order valence-corrected chi connectivity index (χ1v) is 7.62. The number of aliphatic hydroxyl groups excluding tert-OH is 1. The Morgan fingerprint density at radius 2 is 1.88 bits per heavy atom. The van der Waals surface area contributed by atoms with Gasteiger partial charge in [0.25, 0.3) is 5.69 Å². The van der Waals surface area contributed by atoms with Crippen LogP contribution in [0, 0.1) is 10.1 Å². The number of aliphatic hydroxyl groups is 1. The van der Waals surface area contributed by atoms with E-state index >= 15 is 0 Å². The van der Waals surface area contributed by atoms with Gasteiger partial charge in [-0.1, -0.05) is 18.2 Å². The summed E-state index contributed by atoms with van der Waals surface area (Å²) in [6.45, 7) is 0.365. The van der Waals surface area contributed by atoms with Crippen molar-refractivity contribution < 1.29 is 14.8 Å². The molecule has 3 rings (SSSR count). The van der Waals surface area contributed by atoms with E-state index in [0.717, 1.165) is 0 Å². The summed E-state index contributed by atoms with van der Waals surface area (Å²) in [6, 6.07) is 15.2. The normalized spacial score (nSPS) is 11.9. The van der Waals surface area contributed by atoms with Gasteiger partial charge >= 0.3 is 0 Å². The van der Waals surface area contributed by atoms with Crippen molar-refractivity contribution in [3.8, 4) is 17.1 Å². The molecule has 0 saturated heterocycles. The van der Waals surface area contributed by atoms with Crippen LogP contribution in [-0.4, -0.2) is 37.5 Å². The Labute approximate surface area is 143 Å². The van der Waals surface area contributed by atoms with Gasteiger partial charge in [0.1, 0.15) is 24.8 Å². The summed E-state index contributed by atoms with van der Waals surface area (Å²) < 4.78 is 7.00. The number of nitro groups is 1. The number of nitrogens with zero attached hydrogens (tertiary/aromatic N) is 4. The van der Waals surface area contributed by atoms with Crippen LogP contribution in [0.1, 0.15) is 0 Å². The summed E-state index contributed by atoms with van der Waals surface area (Å²) in [5.74, 6) is 1.12. The van der Waals surface area contributed by atoms with Crippen LogP contribution >= 0.6 is 0 Å². The smallest absolute Gasteiger partial charge is 0.269 e. The van der Waals surface area contributed by atoms with E-state index in [2.05, 4.69) is 10.1 Å². The van der Waals surface area contributed by atoms with Gasteiger partial charge in [0.2, 0.25) is 0 Å². The Kier molecular flexibility index (Phi) is 5.00. The highest BCUT2D eigenvalue weighted by Gasteiger charge is 2.11. The zero-order valence-corrected chi connectivity index (χ0v) is 13.2. The van der Waals surface area contributed by atoms with Crippen molar-refractivity contribution in [2.45, 2.75) is 12.6 Å². The lowest BCUT2D eigenvalue weighted by Crippen LogP contribution is -2.23. The van der Waals surface area contributed by atoms with E-state index < -0.39 is 11.0 Å². The topological polar surface area (TPSA) is 103 Å². The third-order valence-corrected chi connectivity index (χ3v) is 3.46. The number of ether oxygens (including phenoxy) is 1. The van der Waals surface area contributed by atoms with Gasteiger partial charge in [-0.25, -0.2) is 9.67 Å². The van der Waals surface area contributed by atoms with Gasteiger partial charge in [0, 0.05) is 17.7 Å². The quantitative estimate of drug-likeness (QED) is 0.523. The van der Waals surface area contributed by atoms with E-state index in [1.54, 1.807) is 12.1 Å². The van der Waals surface area contributed by atoms with Crippen LogP contribution in [0.3, 0.4) is 0 Å². The summed E-state index contributed by atoms with van der Waals surface area (Å²) in [7, 11) is 0. The van der Waals surface area contributed by atoms with Crippen molar-refractivity contribution >= 4 is 5.69 Å². The fraction of sp³-hybridized carbons (Fsp3) is 0.176. The van der Waals surface area contributed by atoms with Gasteiger partial charge in [0.15, 0.2) is 5.82 Å². The Morgan fingerprint density at radius 3 is 2.56 bits per heavy atom. The van der Waals surface area contributed by atoms with E-state index in [1.807, 2.05) is 30.3 Å². The maximum Gasteiger partial charge on any atom is 0.269 e. The fourth-order valence-electron chi connectivity index (χ4n) is 2.22. The van der Waals surface area contributed by atoms with E-state index in [0.29, 0.717) is 17.1 Å². The largest absolute Gasteiger partial charge is 0.491 e. The van der Waals surface area contributed by atoms with Crippen LogP contribution in [0.25, 0.3) is 11.4 Å². The number of benzene rings is 2. The SMILES string of the molecule is O=[N+]([O-])c1ccc(-c2ncn(C[C@H](O)COc3ccccc3)n2)cc1. The molecule has 0 spiro atoms. The van der Waals surface area contributed by atoms with Crippen LogP contribution in [0.5, 0.6) is 5.75 Å². The first kappa shape index (κ1) is 16.6. The Hall–Kier alpha value is -3.26. The highest BCUT2D eigenvalue weighted by atomic mass is 16.6. The average Bonchev–Trinajstić information content (AvgIpc) is 3.09. The summed E-state index contributed by atoms with van der Waals surface area (Å²) in [4.78, 5) is 14.4. The number of hydrogen-bond acceptors (Lipinski definition) is 6. The molecule has 2 aromatic carbocycles. The van der Waals surface area contributed by atoms with E-state index in [-0.39, 0.29) is 18.8 Å². The molecule has 0 bridgehead atoms. The number of non-ortho nitro benzene ring substituents is 1. The van der Waals surface area contributed by atoms with Crippen molar-refractivity contribution in [3.63, 3.8) is 0 Å². The second-order valence-corrected chi connectivity index (χ2v) is 5.37. The molecule has 0 saturated carbocycles.